The Kier molecular flexibility index (Phi) is 9.62. The Morgan fingerprint density at radius 2 is 2.25 bits per heavy atom. The maximum absolute atomic E-state index is 11.6. The number of guanidine groups is 1. The van der Waals surface area contributed by atoms with Gasteiger partial charge in [0.1, 0.15) is 6.54 Å². The molecule has 6 heteroatoms. The largest absolute Gasteiger partial charge is 0.353 e. The number of rotatable bonds is 4. The van der Waals surface area contributed by atoms with Crippen LogP contribution in [0.25, 0.3) is 0 Å². The topological polar surface area (TPSA) is 47.9 Å². The molecule has 0 aromatic heterocycles. The molecule has 0 aromatic carbocycles. The molecule has 0 saturated carbocycles. The van der Waals surface area contributed by atoms with Gasteiger partial charge in [-0.1, -0.05) is 13.0 Å². The van der Waals surface area contributed by atoms with Crippen LogP contribution in [0.5, 0.6) is 0 Å². The molecule has 0 radical (unpaired) electrons. The third-order valence-electron chi connectivity index (χ3n) is 3.22. The maximum atomic E-state index is 11.6. The summed E-state index contributed by atoms with van der Waals surface area (Å²) in [7, 11) is 3.50. The molecule has 1 fully saturated rings. The monoisotopic (exact) mass is 394 g/mol. The van der Waals surface area contributed by atoms with Crippen molar-refractivity contribution in [2.24, 2.45) is 10.9 Å². The Balaban J connectivity index is 0.00000361. The average Bonchev–Trinajstić information content (AvgIpc) is 2.38. The van der Waals surface area contributed by atoms with Crippen LogP contribution in [0.4, 0.5) is 0 Å². The molecule has 1 heterocycles. The third kappa shape index (κ3) is 6.58. The molecule has 20 heavy (non-hydrogen) atoms. The second-order valence-corrected chi connectivity index (χ2v) is 5.29. The van der Waals surface area contributed by atoms with Crippen molar-refractivity contribution in [3.8, 4) is 0 Å². The van der Waals surface area contributed by atoms with Gasteiger partial charge in [0.25, 0.3) is 0 Å². The van der Waals surface area contributed by atoms with Crippen molar-refractivity contribution >= 4 is 35.8 Å². The Hall–Kier alpha value is -0.790. The van der Waals surface area contributed by atoms with Crippen LogP contribution in [0.3, 0.4) is 0 Å². The van der Waals surface area contributed by atoms with E-state index in [2.05, 4.69) is 28.7 Å². The van der Waals surface area contributed by atoms with Crippen LogP contribution in [0.2, 0.25) is 0 Å². The molecule has 1 atom stereocenters. The van der Waals surface area contributed by atoms with Crippen molar-refractivity contribution in [2.45, 2.75) is 19.8 Å². The van der Waals surface area contributed by atoms with Gasteiger partial charge in [-0.2, -0.15) is 0 Å². The first-order valence-electron chi connectivity index (χ1n) is 6.89. The maximum Gasteiger partial charge on any atom is 0.243 e. The van der Waals surface area contributed by atoms with Crippen LogP contribution in [0, 0.1) is 5.92 Å². The summed E-state index contributed by atoms with van der Waals surface area (Å²) < 4.78 is 0. The summed E-state index contributed by atoms with van der Waals surface area (Å²) in [4.78, 5) is 19.9. The highest BCUT2D eigenvalue weighted by Crippen LogP contribution is 2.15. The average molecular weight is 394 g/mol. The van der Waals surface area contributed by atoms with Crippen molar-refractivity contribution in [3.05, 3.63) is 12.7 Å². The summed E-state index contributed by atoms with van der Waals surface area (Å²) in [5.41, 5.74) is 0. The van der Waals surface area contributed by atoms with E-state index in [4.69, 9.17) is 0 Å². The number of likely N-dealkylation sites (tertiary alicyclic amines) is 1. The van der Waals surface area contributed by atoms with Gasteiger partial charge in [-0.3, -0.25) is 4.79 Å². The van der Waals surface area contributed by atoms with Gasteiger partial charge in [-0.05, 0) is 18.8 Å². The second-order valence-electron chi connectivity index (χ2n) is 5.29. The first kappa shape index (κ1) is 19.2. The molecule has 0 bridgehead atoms. The minimum absolute atomic E-state index is 0. The molecule has 1 unspecified atom stereocenters. The van der Waals surface area contributed by atoms with Crippen LogP contribution in [-0.2, 0) is 4.79 Å². The Labute approximate surface area is 139 Å². The molecule has 5 nitrogen and oxygen atoms in total. The first-order valence-corrected chi connectivity index (χ1v) is 6.89. The Morgan fingerprint density at radius 1 is 1.55 bits per heavy atom. The molecule has 1 aliphatic rings. The zero-order chi connectivity index (χ0) is 14.3. The van der Waals surface area contributed by atoms with Crippen LogP contribution in [0.1, 0.15) is 19.8 Å². The summed E-state index contributed by atoms with van der Waals surface area (Å²) in [6.45, 7) is 8.82. The van der Waals surface area contributed by atoms with Crippen LogP contribution < -0.4 is 5.32 Å². The van der Waals surface area contributed by atoms with Crippen LogP contribution in [-0.4, -0.2) is 61.9 Å². The van der Waals surface area contributed by atoms with E-state index in [0.717, 1.165) is 19.0 Å². The fourth-order valence-electron chi connectivity index (χ4n) is 2.10. The van der Waals surface area contributed by atoms with Gasteiger partial charge in [0.05, 0.1) is 0 Å². The van der Waals surface area contributed by atoms with Gasteiger partial charge in [0.2, 0.25) is 5.91 Å². The first-order chi connectivity index (χ1) is 9.04. The number of hydrogen-bond donors (Lipinski definition) is 1. The van der Waals surface area contributed by atoms with Gasteiger partial charge < -0.3 is 15.1 Å². The Bertz CT molecular complexity index is 344. The van der Waals surface area contributed by atoms with Gasteiger partial charge >= 0.3 is 0 Å². The summed E-state index contributed by atoms with van der Waals surface area (Å²) in [6, 6.07) is 0. The van der Waals surface area contributed by atoms with E-state index in [1.54, 1.807) is 25.1 Å². The predicted molar refractivity (Wildman–Crippen MR) is 94.6 cm³/mol. The number of amides is 1. The van der Waals surface area contributed by atoms with E-state index in [9.17, 15) is 4.79 Å². The van der Waals surface area contributed by atoms with E-state index in [1.807, 2.05) is 0 Å². The van der Waals surface area contributed by atoms with Gasteiger partial charge in [0, 0.05) is 33.7 Å². The molecule has 1 rings (SSSR count). The summed E-state index contributed by atoms with van der Waals surface area (Å²) in [5, 5.41) is 3.24. The van der Waals surface area contributed by atoms with Gasteiger partial charge in [0.15, 0.2) is 5.96 Å². The summed E-state index contributed by atoms with van der Waals surface area (Å²) in [6.07, 6.45) is 4.25. The minimum atomic E-state index is 0. The molecule has 1 amide bonds. The van der Waals surface area contributed by atoms with Crippen molar-refractivity contribution < 1.29 is 4.79 Å². The smallest absolute Gasteiger partial charge is 0.243 e. The number of carbonyl (C=O) groups excluding carboxylic acids is 1. The number of hydrogen-bond acceptors (Lipinski definition) is 2. The highest BCUT2D eigenvalue weighted by atomic mass is 127. The van der Waals surface area contributed by atoms with Crippen molar-refractivity contribution in [2.75, 3.05) is 40.3 Å². The fourth-order valence-corrected chi connectivity index (χ4v) is 2.10. The van der Waals surface area contributed by atoms with E-state index in [-0.39, 0.29) is 36.4 Å². The lowest BCUT2D eigenvalue weighted by Crippen LogP contribution is -2.46. The van der Waals surface area contributed by atoms with Crippen molar-refractivity contribution in [1.82, 2.24) is 15.1 Å². The second kappa shape index (κ2) is 10.0. The van der Waals surface area contributed by atoms with Crippen LogP contribution >= 0.6 is 24.0 Å². The summed E-state index contributed by atoms with van der Waals surface area (Å²) >= 11 is 0. The molecule has 1 aliphatic heterocycles. The van der Waals surface area contributed by atoms with E-state index in [0.29, 0.717) is 12.5 Å². The zero-order valence-corrected chi connectivity index (χ0v) is 15.1. The standard InChI is InChI=1S/C14H26N4O.HI/c1-5-8-15-14(16-10-13(19)17(3)4)18-9-6-7-12(2)11-18;/h5,12H,1,6-11H2,2-4H3,(H,15,16);1H. The van der Waals surface area contributed by atoms with E-state index >= 15 is 0 Å². The lowest BCUT2D eigenvalue weighted by atomic mass is 10.0. The normalized spacial score (nSPS) is 19.1. The van der Waals surface area contributed by atoms with Crippen molar-refractivity contribution in [3.63, 3.8) is 0 Å². The number of likely N-dealkylation sites (N-methyl/N-ethyl adjacent to an activating group) is 1. The molecular weight excluding hydrogens is 367 g/mol. The van der Waals surface area contributed by atoms with Gasteiger partial charge in [-0.15, -0.1) is 30.6 Å². The molecule has 1 saturated heterocycles. The zero-order valence-electron chi connectivity index (χ0n) is 12.8. The fraction of sp³-hybridized carbons (Fsp3) is 0.714. The molecular formula is C14H27IN4O. The highest BCUT2D eigenvalue weighted by Gasteiger charge is 2.19. The highest BCUT2D eigenvalue weighted by molar-refractivity contribution is 14.0. The minimum Gasteiger partial charge on any atom is -0.353 e. The number of nitrogens with one attached hydrogen (secondary N) is 1. The molecule has 0 aromatic rings. The molecule has 0 spiro atoms. The lowest BCUT2D eigenvalue weighted by molar-refractivity contribution is -0.127. The molecule has 1 N–H and O–H groups in total. The number of piperidine rings is 1. The quantitative estimate of drug-likeness (QED) is 0.341. The number of nitrogens with zero attached hydrogens (tertiary/aromatic N) is 3. The van der Waals surface area contributed by atoms with E-state index in [1.165, 1.54) is 12.8 Å². The number of aliphatic imine (C=N–C) groups is 1. The Morgan fingerprint density at radius 3 is 2.80 bits per heavy atom. The van der Waals surface area contributed by atoms with Crippen LogP contribution in [0.15, 0.2) is 17.6 Å². The predicted octanol–water partition coefficient (Wildman–Crippen LogP) is 1.56. The number of carbonyl (C=O) groups is 1. The molecule has 116 valence electrons. The number of halogens is 1. The van der Waals surface area contributed by atoms with Gasteiger partial charge in [-0.25, -0.2) is 4.99 Å². The van der Waals surface area contributed by atoms with Crippen molar-refractivity contribution in [1.29, 1.82) is 0 Å². The lowest BCUT2D eigenvalue weighted by Gasteiger charge is -2.33. The summed E-state index contributed by atoms with van der Waals surface area (Å²) in [5.74, 6) is 1.51. The van der Waals surface area contributed by atoms with E-state index < -0.39 is 0 Å². The molecule has 0 aliphatic carbocycles. The third-order valence-corrected chi connectivity index (χ3v) is 3.22. The SMILES string of the molecule is C=CCNC(=NCC(=O)N(C)C)N1CCCC(C)C1.I.